The molecule has 2 saturated heterocycles. The minimum absolute atomic E-state index is 0.101. The van der Waals surface area contributed by atoms with Gasteiger partial charge in [0.15, 0.2) is 0 Å². The van der Waals surface area contributed by atoms with E-state index in [1.807, 2.05) is 22.9 Å². The monoisotopic (exact) mass is 332 g/mol. The van der Waals surface area contributed by atoms with Crippen LogP contribution in [0.5, 0.6) is 0 Å². The molecule has 0 aromatic carbocycles. The van der Waals surface area contributed by atoms with Gasteiger partial charge in [-0.25, -0.2) is 4.98 Å². The van der Waals surface area contributed by atoms with Crippen molar-refractivity contribution in [2.75, 3.05) is 26.2 Å². The molecular formula is C18H28N4O2. The molecule has 3 heterocycles. The fraction of sp³-hybridized carbons (Fsp3) is 0.722. The van der Waals surface area contributed by atoms with Crippen LogP contribution in [-0.4, -0.2) is 57.8 Å². The Kier molecular flexibility index (Phi) is 5.21. The maximum atomic E-state index is 12.3. The number of imidazole rings is 1. The highest BCUT2D eigenvalue weighted by atomic mass is 16.2. The fourth-order valence-electron chi connectivity index (χ4n) is 4.11. The van der Waals surface area contributed by atoms with Crippen molar-refractivity contribution < 1.29 is 9.59 Å². The van der Waals surface area contributed by atoms with Gasteiger partial charge in [-0.15, -0.1) is 0 Å². The Bertz CT molecular complexity index is 572. The number of hydrogen-bond donors (Lipinski definition) is 1. The first kappa shape index (κ1) is 17.0. The first-order chi connectivity index (χ1) is 11.6. The average molecular weight is 332 g/mol. The Balaban J connectivity index is 1.62. The molecule has 24 heavy (non-hydrogen) atoms. The molecule has 0 radical (unpaired) electrons. The summed E-state index contributed by atoms with van der Waals surface area (Å²) in [4.78, 5) is 35.8. The van der Waals surface area contributed by atoms with Crippen LogP contribution in [-0.2, 0) is 16.0 Å². The number of likely N-dealkylation sites (tertiary alicyclic amines) is 2. The minimum atomic E-state index is 0.101. The molecule has 2 aliphatic rings. The van der Waals surface area contributed by atoms with Gasteiger partial charge in [-0.1, -0.05) is 6.92 Å². The number of carbonyl (C=O) groups is 2. The van der Waals surface area contributed by atoms with Gasteiger partial charge < -0.3 is 14.8 Å². The van der Waals surface area contributed by atoms with Crippen molar-refractivity contribution in [1.29, 1.82) is 0 Å². The number of rotatable bonds is 5. The summed E-state index contributed by atoms with van der Waals surface area (Å²) in [7, 11) is 0. The summed E-state index contributed by atoms with van der Waals surface area (Å²) in [6.45, 7) is 5.26. The summed E-state index contributed by atoms with van der Waals surface area (Å²) in [6, 6.07) is 0. The molecule has 0 unspecified atom stereocenters. The third kappa shape index (κ3) is 3.79. The normalized spacial score (nSPS) is 24.6. The van der Waals surface area contributed by atoms with Crippen LogP contribution in [0.15, 0.2) is 12.5 Å². The molecule has 2 aliphatic heterocycles. The zero-order valence-corrected chi connectivity index (χ0v) is 14.6. The highest BCUT2D eigenvalue weighted by Crippen LogP contribution is 2.39. The Morgan fingerprint density at radius 1 is 1.38 bits per heavy atom. The number of aromatic nitrogens is 2. The second-order valence-corrected chi connectivity index (χ2v) is 7.31. The van der Waals surface area contributed by atoms with Crippen LogP contribution in [0, 0.1) is 5.41 Å². The average Bonchev–Trinajstić information content (AvgIpc) is 3.10. The van der Waals surface area contributed by atoms with Gasteiger partial charge in [-0.3, -0.25) is 9.59 Å². The maximum absolute atomic E-state index is 12.3. The van der Waals surface area contributed by atoms with Crippen molar-refractivity contribution in [3.63, 3.8) is 0 Å². The topological polar surface area (TPSA) is 69.3 Å². The maximum Gasteiger partial charge on any atom is 0.222 e. The SMILES string of the molecule is CCCC(=O)N1CCC[C@]2(CCC(=O)N(CCc3cnc[nH]3)C2)C1. The van der Waals surface area contributed by atoms with Gasteiger partial charge in [0.25, 0.3) is 0 Å². The molecule has 1 N–H and O–H groups in total. The molecule has 1 atom stereocenters. The van der Waals surface area contributed by atoms with Crippen molar-refractivity contribution in [2.24, 2.45) is 5.41 Å². The molecule has 132 valence electrons. The second-order valence-electron chi connectivity index (χ2n) is 7.31. The number of piperidine rings is 2. The Hall–Kier alpha value is -1.85. The second kappa shape index (κ2) is 7.36. The number of aromatic amines is 1. The van der Waals surface area contributed by atoms with E-state index in [2.05, 4.69) is 9.97 Å². The van der Waals surface area contributed by atoms with Gasteiger partial charge in [-0.05, 0) is 25.7 Å². The number of carbonyl (C=O) groups excluding carboxylic acids is 2. The van der Waals surface area contributed by atoms with Crippen LogP contribution in [0.4, 0.5) is 0 Å². The molecule has 6 nitrogen and oxygen atoms in total. The van der Waals surface area contributed by atoms with Crippen molar-refractivity contribution in [3.05, 3.63) is 18.2 Å². The zero-order chi connectivity index (χ0) is 17.0. The quantitative estimate of drug-likeness (QED) is 0.896. The van der Waals surface area contributed by atoms with Crippen LogP contribution in [0.1, 0.15) is 51.1 Å². The van der Waals surface area contributed by atoms with Crippen LogP contribution < -0.4 is 0 Å². The number of hydrogen-bond acceptors (Lipinski definition) is 3. The third-order valence-electron chi connectivity index (χ3n) is 5.43. The summed E-state index contributed by atoms with van der Waals surface area (Å²) >= 11 is 0. The number of H-pyrrole nitrogens is 1. The van der Waals surface area contributed by atoms with Gasteiger partial charge in [-0.2, -0.15) is 0 Å². The molecule has 0 bridgehead atoms. The van der Waals surface area contributed by atoms with E-state index in [1.165, 1.54) is 0 Å². The van der Waals surface area contributed by atoms with E-state index < -0.39 is 0 Å². The predicted molar refractivity (Wildman–Crippen MR) is 91.3 cm³/mol. The zero-order valence-electron chi connectivity index (χ0n) is 14.6. The van der Waals surface area contributed by atoms with Crippen LogP contribution in [0.3, 0.4) is 0 Å². The first-order valence-corrected chi connectivity index (χ1v) is 9.15. The largest absolute Gasteiger partial charge is 0.348 e. The number of amides is 2. The summed E-state index contributed by atoms with van der Waals surface area (Å²) in [5.74, 6) is 0.523. The first-order valence-electron chi connectivity index (χ1n) is 9.15. The lowest BCUT2D eigenvalue weighted by atomic mass is 9.73. The lowest BCUT2D eigenvalue weighted by Gasteiger charge is -2.48. The predicted octanol–water partition coefficient (Wildman–Crippen LogP) is 1.98. The van der Waals surface area contributed by atoms with Crippen molar-refractivity contribution in [2.45, 2.75) is 51.9 Å². The molecule has 1 aromatic heterocycles. The lowest BCUT2D eigenvalue weighted by Crippen LogP contribution is -2.55. The summed E-state index contributed by atoms with van der Waals surface area (Å²) in [6.07, 6.45) is 9.54. The van der Waals surface area contributed by atoms with E-state index in [0.717, 1.165) is 64.0 Å². The van der Waals surface area contributed by atoms with Crippen molar-refractivity contribution >= 4 is 11.8 Å². The van der Waals surface area contributed by atoms with E-state index in [-0.39, 0.29) is 17.2 Å². The van der Waals surface area contributed by atoms with E-state index in [1.54, 1.807) is 6.33 Å². The van der Waals surface area contributed by atoms with Crippen molar-refractivity contribution in [1.82, 2.24) is 19.8 Å². The van der Waals surface area contributed by atoms with E-state index in [4.69, 9.17) is 0 Å². The van der Waals surface area contributed by atoms with Crippen LogP contribution in [0.2, 0.25) is 0 Å². The number of nitrogens with zero attached hydrogens (tertiary/aromatic N) is 3. The van der Waals surface area contributed by atoms with Gasteiger partial charge in [0.2, 0.25) is 11.8 Å². The lowest BCUT2D eigenvalue weighted by molar-refractivity contribution is -0.143. The summed E-state index contributed by atoms with van der Waals surface area (Å²) < 4.78 is 0. The smallest absolute Gasteiger partial charge is 0.222 e. The van der Waals surface area contributed by atoms with E-state index in [0.29, 0.717) is 12.8 Å². The molecule has 6 heteroatoms. The Labute approximate surface area is 143 Å². The van der Waals surface area contributed by atoms with E-state index >= 15 is 0 Å². The summed E-state index contributed by atoms with van der Waals surface area (Å²) in [5, 5.41) is 0. The Morgan fingerprint density at radius 2 is 2.25 bits per heavy atom. The molecule has 2 fully saturated rings. The van der Waals surface area contributed by atoms with Gasteiger partial charge in [0, 0.05) is 62.7 Å². The highest BCUT2D eigenvalue weighted by molar-refractivity contribution is 5.78. The van der Waals surface area contributed by atoms with Crippen LogP contribution >= 0.6 is 0 Å². The van der Waals surface area contributed by atoms with Gasteiger partial charge in [0.1, 0.15) is 0 Å². The molecule has 0 saturated carbocycles. The summed E-state index contributed by atoms with van der Waals surface area (Å²) in [5.41, 5.74) is 1.16. The molecule has 2 amide bonds. The van der Waals surface area contributed by atoms with E-state index in [9.17, 15) is 9.59 Å². The Morgan fingerprint density at radius 3 is 3.00 bits per heavy atom. The molecule has 3 rings (SSSR count). The molecule has 1 aromatic rings. The third-order valence-corrected chi connectivity index (χ3v) is 5.43. The minimum Gasteiger partial charge on any atom is -0.348 e. The highest BCUT2D eigenvalue weighted by Gasteiger charge is 2.42. The molecule has 0 aliphatic carbocycles. The van der Waals surface area contributed by atoms with Gasteiger partial charge in [0.05, 0.1) is 6.33 Å². The molecular weight excluding hydrogens is 304 g/mol. The number of nitrogens with one attached hydrogen (secondary N) is 1. The van der Waals surface area contributed by atoms with Gasteiger partial charge >= 0.3 is 0 Å². The molecule has 1 spiro atoms. The van der Waals surface area contributed by atoms with Crippen molar-refractivity contribution in [3.8, 4) is 0 Å². The standard InChI is InChI=1S/C18H28N4O2/c1-2-4-16(23)21-9-3-7-18(12-21)8-5-17(24)22(13-18)10-6-15-11-19-14-20-15/h11,14H,2-10,12-13H2,1H3,(H,19,20)/t18-/m0/s1. The van der Waals surface area contributed by atoms with Crippen LogP contribution in [0.25, 0.3) is 0 Å². The fourth-order valence-corrected chi connectivity index (χ4v) is 4.11.